The first-order valence-electron chi connectivity index (χ1n) is 16.8. The highest BCUT2D eigenvalue weighted by Crippen LogP contribution is 2.45. The van der Waals surface area contributed by atoms with Gasteiger partial charge in [-0.1, -0.05) is 0 Å². The van der Waals surface area contributed by atoms with E-state index >= 15 is 8.78 Å². The number of halogens is 2. The molecule has 3 atom stereocenters. The molecule has 0 radical (unpaired) electrons. The molecule has 0 bridgehead atoms. The molecule has 1 saturated heterocycles. The summed E-state index contributed by atoms with van der Waals surface area (Å²) in [5, 5.41) is 0.407. The number of benzene rings is 1. The minimum Gasteiger partial charge on any atom is -0.369 e. The van der Waals surface area contributed by atoms with Crippen molar-refractivity contribution in [1.29, 1.82) is 0 Å². The molecule has 2 saturated carbocycles. The topological polar surface area (TPSA) is 80.3 Å². The predicted octanol–water partition coefficient (Wildman–Crippen LogP) is 6.49. The van der Waals surface area contributed by atoms with E-state index in [1.54, 1.807) is 0 Å². The first-order valence-corrected chi connectivity index (χ1v) is 16.8. The van der Waals surface area contributed by atoms with Crippen LogP contribution in [0.1, 0.15) is 85.0 Å². The number of pyridine rings is 3. The van der Waals surface area contributed by atoms with Gasteiger partial charge in [0.1, 0.15) is 11.5 Å². The number of aryl methyl sites for hydroxylation is 2. The zero-order valence-electron chi connectivity index (χ0n) is 26.9. The maximum absolute atomic E-state index is 15.8. The SMILES string of the molecule is Cc1ccc(N2CCC[C@H](N(Cc3ccnc(C)c3)Cc3cn(C4CC4)c4cc(C5CCC(F)(CN)C5)c(F)cc4c3=O)C2)cn1. The molecular formula is C37H44F2N6O. The monoisotopic (exact) mass is 626 g/mol. The van der Waals surface area contributed by atoms with E-state index in [2.05, 4.69) is 42.5 Å². The fraction of sp³-hybridized carbons (Fsp3) is 0.486. The van der Waals surface area contributed by atoms with Crippen LogP contribution in [0.2, 0.25) is 0 Å². The average molecular weight is 627 g/mol. The van der Waals surface area contributed by atoms with Gasteiger partial charge in [-0.25, -0.2) is 8.78 Å². The van der Waals surface area contributed by atoms with E-state index in [4.69, 9.17) is 5.73 Å². The molecule has 1 aliphatic heterocycles. The Labute approximate surface area is 269 Å². The number of hydrogen-bond acceptors (Lipinski definition) is 6. The quantitative estimate of drug-likeness (QED) is 0.229. The van der Waals surface area contributed by atoms with Crippen molar-refractivity contribution in [3.05, 3.63) is 99.1 Å². The van der Waals surface area contributed by atoms with Crippen molar-refractivity contribution >= 4 is 16.6 Å². The second-order valence-corrected chi connectivity index (χ2v) is 13.9. The van der Waals surface area contributed by atoms with Crippen LogP contribution in [0.4, 0.5) is 14.5 Å². The third kappa shape index (κ3) is 6.32. The molecule has 0 spiro atoms. The van der Waals surface area contributed by atoms with Crippen molar-refractivity contribution < 1.29 is 8.78 Å². The molecule has 2 unspecified atom stereocenters. The van der Waals surface area contributed by atoms with Crippen molar-refractivity contribution in [2.75, 3.05) is 24.5 Å². The summed E-state index contributed by atoms with van der Waals surface area (Å²) in [5.41, 5.74) is 10.3. The lowest BCUT2D eigenvalue weighted by molar-refractivity contribution is 0.158. The molecule has 1 aromatic carbocycles. The molecular weight excluding hydrogens is 582 g/mol. The van der Waals surface area contributed by atoms with E-state index in [1.807, 2.05) is 44.6 Å². The fourth-order valence-corrected chi connectivity index (χ4v) is 7.66. The lowest BCUT2D eigenvalue weighted by Gasteiger charge is -2.40. The van der Waals surface area contributed by atoms with Crippen molar-refractivity contribution in [2.45, 2.75) is 95.6 Å². The van der Waals surface area contributed by atoms with Crippen LogP contribution in [-0.4, -0.2) is 50.8 Å². The zero-order chi connectivity index (χ0) is 32.0. The maximum Gasteiger partial charge on any atom is 0.193 e. The summed E-state index contributed by atoms with van der Waals surface area (Å²) < 4.78 is 33.0. The van der Waals surface area contributed by atoms with E-state index in [1.165, 1.54) is 6.07 Å². The highest BCUT2D eigenvalue weighted by Gasteiger charge is 2.40. The largest absolute Gasteiger partial charge is 0.369 e. The second kappa shape index (κ2) is 12.5. The van der Waals surface area contributed by atoms with Crippen LogP contribution in [0.3, 0.4) is 0 Å². The smallest absolute Gasteiger partial charge is 0.193 e. The Bertz CT molecular complexity index is 1790. The number of nitrogens with zero attached hydrogens (tertiary/aromatic N) is 5. The number of alkyl halides is 1. The third-order valence-corrected chi connectivity index (χ3v) is 10.4. The van der Waals surface area contributed by atoms with Crippen LogP contribution in [0, 0.1) is 19.7 Å². The van der Waals surface area contributed by atoms with Crippen molar-refractivity contribution in [1.82, 2.24) is 19.4 Å². The first kappa shape index (κ1) is 30.9. The molecule has 3 fully saturated rings. The number of rotatable bonds is 9. The Morgan fingerprint density at radius 2 is 1.89 bits per heavy atom. The Balaban J connectivity index is 1.24. The Hall–Kier alpha value is -3.69. The van der Waals surface area contributed by atoms with E-state index in [0.717, 1.165) is 66.9 Å². The standard InChI is InChI=1S/C37H44F2N6O/c1-24-5-6-30(18-42-24)43-13-3-4-31(22-43)44(19-26-10-12-41-25(2)14-26)20-28-21-45(29-7-8-29)35-16-32(34(38)15-33(35)36(28)46)27-9-11-37(39,17-27)23-40/h5-6,10,12,14-16,18,21,27,29,31H,3-4,7-9,11,13,17,19-20,22-23,40H2,1-2H3/t27?,31-,37?/m0/s1. The number of hydrogen-bond donors (Lipinski definition) is 1. The number of fused-ring (bicyclic) bond motifs is 1. The summed E-state index contributed by atoms with van der Waals surface area (Å²) in [6.45, 7) is 6.87. The molecule has 46 heavy (non-hydrogen) atoms. The van der Waals surface area contributed by atoms with Gasteiger partial charge in [0, 0.05) is 79.5 Å². The maximum atomic E-state index is 15.8. The van der Waals surface area contributed by atoms with Crippen LogP contribution in [0.25, 0.3) is 10.9 Å². The van der Waals surface area contributed by atoms with E-state index in [-0.39, 0.29) is 36.4 Å². The fourth-order valence-electron chi connectivity index (χ4n) is 7.66. The summed E-state index contributed by atoms with van der Waals surface area (Å²) in [6.07, 6.45) is 11.0. The molecule has 0 amide bonds. The lowest BCUT2D eigenvalue weighted by Crippen LogP contribution is -2.48. The molecule has 2 N–H and O–H groups in total. The van der Waals surface area contributed by atoms with Gasteiger partial charge < -0.3 is 15.2 Å². The van der Waals surface area contributed by atoms with Crippen LogP contribution < -0.4 is 16.1 Å². The Morgan fingerprint density at radius 1 is 1.04 bits per heavy atom. The average Bonchev–Trinajstić information content (AvgIpc) is 3.83. The van der Waals surface area contributed by atoms with Gasteiger partial charge in [-0.3, -0.25) is 19.7 Å². The number of nitrogens with two attached hydrogens (primary N) is 1. The van der Waals surface area contributed by atoms with Crippen molar-refractivity contribution in [3.8, 4) is 0 Å². The molecule has 2 aliphatic carbocycles. The van der Waals surface area contributed by atoms with Gasteiger partial charge in [0.25, 0.3) is 0 Å². The molecule has 7 nitrogen and oxygen atoms in total. The van der Waals surface area contributed by atoms with Gasteiger partial charge in [-0.15, -0.1) is 0 Å². The molecule has 4 heterocycles. The Morgan fingerprint density at radius 3 is 2.61 bits per heavy atom. The van der Waals surface area contributed by atoms with Gasteiger partial charge in [0.05, 0.1) is 17.4 Å². The highest BCUT2D eigenvalue weighted by molar-refractivity contribution is 5.81. The number of aromatic nitrogens is 3. The second-order valence-electron chi connectivity index (χ2n) is 13.9. The van der Waals surface area contributed by atoms with E-state index < -0.39 is 11.5 Å². The molecule has 4 aromatic rings. The summed E-state index contributed by atoms with van der Waals surface area (Å²) >= 11 is 0. The van der Waals surface area contributed by atoms with E-state index in [0.29, 0.717) is 42.4 Å². The normalized spacial score (nSPS) is 23.5. The molecule has 3 aromatic heterocycles. The first-order chi connectivity index (χ1) is 22.2. The number of anilines is 1. The minimum absolute atomic E-state index is 0.0505. The van der Waals surface area contributed by atoms with Gasteiger partial charge >= 0.3 is 0 Å². The van der Waals surface area contributed by atoms with Gasteiger partial charge in [-0.2, -0.15) is 0 Å². The Kier molecular flexibility index (Phi) is 8.40. The van der Waals surface area contributed by atoms with Crippen LogP contribution in [-0.2, 0) is 13.1 Å². The summed E-state index contributed by atoms with van der Waals surface area (Å²) in [5.74, 6) is -0.660. The molecule has 7 rings (SSSR count). The van der Waals surface area contributed by atoms with Gasteiger partial charge in [0.2, 0.25) is 0 Å². The molecule has 242 valence electrons. The van der Waals surface area contributed by atoms with Crippen LogP contribution >= 0.6 is 0 Å². The molecule has 9 heteroatoms. The minimum atomic E-state index is -1.45. The summed E-state index contributed by atoms with van der Waals surface area (Å²) in [6, 6.07) is 12.1. The van der Waals surface area contributed by atoms with Crippen molar-refractivity contribution in [2.24, 2.45) is 5.73 Å². The molecule has 3 aliphatic rings. The highest BCUT2D eigenvalue weighted by atomic mass is 19.1. The summed E-state index contributed by atoms with van der Waals surface area (Å²) in [7, 11) is 0. The zero-order valence-corrected chi connectivity index (χ0v) is 26.9. The van der Waals surface area contributed by atoms with Crippen LogP contribution in [0.5, 0.6) is 0 Å². The lowest BCUT2D eigenvalue weighted by atomic mass is 9.93. The summed E-state index contributed by atoms with van der Waals surface area (Å²) in [4.78, 5) is 27.9. The van der Waals surface area contributed by atoms with Crippen molar-refractivity contribution in [3.63, 3.8) is 0 Å². The predicted molar refractivity (Wildman–Crippen MR) is 178 cm³/mol. The third-order valence-electron chi connectivity index (χ3n) is 10.4. The van der Waals surface area contributed by atoms with Gasteiger partial charge in [-0.05, 0) is 112 Å². The van der Waals surface area contributed by atoms with E-state index in [9.17, 15) is 4.79 Å². The van der Waals surface area contributed by atoms with Crippen LogP contribution in [0.15, 0.2) is 59.8 Å². The van der Waals surface area contributed by atoms with Gasteiger partial charge in [0.15, 0.2) is 5.43 Å². The number of piperidine rings is 1.